The molecule has 0 spiro atoms. The molecule has 0 saturated carbocycles. The minimum Gasteiger partial charge on any atom is -0.307 e. The molecule has 1 aromatic carbocycles. The zero-order valence-electron chi connectivity index (χ0n) is 12.4. The number of aryl methyl sites for hydroxylation is 3. The molecule has 1 atom stereocenters. The van der Waals surface area contributed by atoms with E-state index in [0.717, 1.165) is 30.2 Å². The highest BCUT2D eigenvalue weighted by Crippen LogP contribution is 2.25. The van der Waals surface area contributed by atoms with E-state index < -0.39 is 0 Å². The summed E-state index contributed by atoms with van der Waals surface area (Å²) < 4.78 is 0. The standard InChI is InChI=1S/C17H21N3/c1-11-6-7-14(9-12(11)2)16-10-13(3)19-17(20-16)15-5-4-8-18-15/h6-7,9-10,15,18H,4-5,8H2,1-3H3. The smallest absolute Gasteiger partial charge is 0.146 e. The number of hydrogen-bond acceptors (Lipinski definition) is 3. The van der Waals surface area contributed by atoms with Crippen LogP contribution < -0.4 is 5.32 Å². The van der Waals surface area contributed by atoms with E-state index in [4.69, 9.17) is 4.98 Å². The molecule has 1 aliphatic heterocycles. The van der Waals surface area contributed by atoms with Gasteiger partial charge in [-0.2, -0.15) is 0 Å². The minimum absolute atomic E-state index is 0.320. The summed E-state index contributed by atoms with van der Waals surface area (Å²) in [6, 6.07) is 8.91. The third-order valence-corrected chi connectivity index (χ3v) is 4.05. The zero-order chi connectivity index (χ0) is 14.1. The second kappa shape index (κ2) is 5.33. The van der Waals surface area contributed by atoms with Crippen molar-refractivity contribution < 1.29 is 0 Å². The molecule has 1 saturated heterocycles. The SMILES string of the molecule is Cc1cc(-c2ccc(C)c(C)c2)nc(C2CCCN2)n1. The Bertz CT molecular complexity index is 628. The maximum absolute atomic E-state index is 4.78. The number of benzene rings is 1. The summed E-state index contributed by atoms with van der Waals surface area (Å²) >= 11 is 0. The third kappa shape index (κ3) is 2.59. The molecule has 104 valence electrons. The van der Waals surface area contributed by atoms with Crippen LogP contribution >= 0.6 is 0 Å². The molecule has 3 heteroatoms. The van der Waals surface area contributed by atoms with Gasteiger partial charge in [0.2, 0.25) is 0 Å². The molecule has 1 fully saturated rings. The predicted octanol–water partition coefficient (Wildman–Crippen LogP) is 3.49. The largest absolute Gasteiger partial charge is 0.307 e. The van der Waals surface area contributed by atoms with E-state index in [1.54, 1.807) is 0 Å². The fraction of sp³-hybridized carbons (Fsp3) is 0.412. The van der Waals surface area contributed by atoms with Crippen molar-refractivity contribution in [1.82, 2.24) is 15.3 Å². The van der Waals surface area contributed by atoms with Crippen molar-refractivity contribution in [3.8, 4) is 11.3 Å². The summed E-state index contributed by atoms with van der Waals surface area (Å²) in [6.07, 6.45) is 2.34. The zero-order valence-corrected chi connectivity index (χ0v) is 12.4. The highest BCUT2D eigenvalue weighted by molar-refractivity contribution is 5.61. The molecule has 1 aromatic heterocycles. The first-order valence-electron chi connectivity index (χ1n) is 7.30. The van der Waals surface area contributed by atoms with E-state index in [0.29, 0.717) is 6.04 Å². The van der Waals surface area contributed by atoms with Crippen LogP contribution in [0.25, 0.3) is 11.3 Å². The Morgan fingerprint density at radius 1 is 1.05 bits per heavy atom. The van der Waals surface area contributed by atoms with Gasteiger partial charge in [0.15, 0.2) is 0 Å². The number of nitrogens with zero attached hydrogens (tertiary/aromatic N) is 2. The van der Waals surface area contributed by atoms with Crippen LogP contribution in [0.1, 0.15) is 41.5 Å². The first kappa shape index (κ1) is 13.3. The molecular formula is C17H21N3. The fourth-order valence-corrected chi connectivity index (χ4v) is 2.70. The van der Waals surface area contributed by atoms with Crippen LogP contribution in [-0.2, 0) is 0 Å². The van der Waals surface area contributed by atoms with E-state index in [1.807, 2.05) is 6.92 Å². The topological polar surface area (TPSA) is 37.8 Å². The maximum atomic E-state index is 4.78. The van der Waals surface area contributed by atoms with E-state index in [1.165, 1.54) is 23.1 Å². The van der Waals surface area contributed by atoms with Crippen LogP contribution in [0.3, 0.4) is 0 Å². The maximum Gasteiger partial charge on any atom is 0.146 e. The van der Waals surface area contributed by atoms with Gasteiger partial charge >= 0.3 is 0 Å². The number of rotatable bonds is 2. The monoisotopic (exact) mass is 267 g/mol. The summed E-state index contributed by atoms with van der Waals surface area (Å²) in [4.78, 5) is 9.39. The van der Waals surface area contributed by atoms with Crippen LogP contribution in [0.2, 0.25) is 0 Å². The van der Waals surface area contributed by atoms with Gasteiger partial charge in [-0.25, -0.2) is 9.97 Å². The first-order valence-corrected chi connectivity index (χ1v) is 7.30. The van der Waals surface area contributed by atoms with Crippen molar-refractivity contribution >= 4 is 0 Å². The normalized spacial score (nSPS) is 18.4. The Kier molecular flexibility index (Phi) is 3.53. The van der Waals surface area contributed by atoms with Crippen LogP contribution in [0.15, 0.2) is 24.3 Å². The minimum atomic E-state index is 0.320. The Morgan fingerprint density at radius 2 is 1.90 bits per heavy atom. The predicted molar refractivity (Wildman–Crippen MR) is 81.7 cm³/mol. The van der Waals surface area contributed by atoms with Crippen molar-refractivity contribution in [2.75, 3.05) is 6.54 Å². The van der Waals surface area contributed by atoms with Gasteiger partial charge in [0.25, 0.3) is 0 Å². The van der Waals surface area contributed by atoms with Crippen molar-refractivity contribution in [3.63, 3.8) is 0 Å². The molecule has 0 bridgehead atoms. The first-order chi connectivity index (χ1) is 9.63. The molecule has 2 heterocycles. The fourth-order valence-electron chi connectivity index (χ4n) is 2.70. The van der Waals surface area contributed by atoms with E-state index in [9.17, 15) is 0 Å². The summed E-state index contributed by atoms with van der Waals surface area (Å²) in [5, 5.41) is 3.47. The molecule has 3 nitrogen and oxygen atoms in total. The Hall–Kier alpha value is -1.74. The average molecular weight is 267 g/mol. The number of aromatic nitrogens is 2. The Morgan fingerprint density at radius 3 is 2.60 bits per heavy atom. The Labute approximate surface area is 120 Å². The summed E-state index contributed by atoms with van der Waals surface area (Å²) in [7, 11) is 0. The number of nitrogens with one attached hydrogen (secondary N) is 1. The second-order valence-corrected chi connectivity index (χ2v) is 5.70. The molecule has 1 N–H and O–H groups in total. The lowest BCUT2D eigenvalue weighted by molar-refractivity contribution is 0.603. The lowest BCUT2D eigenvalue weighted by atomic mass is 10.0. The highest BCUT2D eigenvalue weighted by atomic mass is 15.0. The van der Waals surface area contributed by atoms with Crippen LogP contribution in [0.4, 0.5) is 0 Å². The van der Waals surface area contributed by atoms with Gasteiger partial charge in [-0.3, -0.25) is 0 Å². The van der Waals surface area contributed by atoms with E-state index in [2.05, 4.69) is 48.4 Å². The lowest BCUT2D eigenvalue weighted by Gasteiger charge is -2.12. The molecule has 0 aliphatic carbocycles. The summed E-state index contributed by atoms with van der Waals surface area (Å²) in [5.41, 5.74) is 5.87. The van der Waals surface area contributed by atoms with Gasteiger partial charge in [0.1, 0.15) is 5.82 Å². The molecule has 0 amide bonds. The van der Waals surface area contributed by atoms with Crippen molar-refractivity contribution in [1.29, 1.82) is 0 Å². The molecule has 3 rings (SSSR count). The van der Waals surface area contributed by atoms with Crippen molar-refractivity contribution in [2.24, 2.45) is 0 Å². The molecular weight excluding hydrogens is 246 g/mol. The quantitative estimate of drug-likeness (QED) is 0.905. The third-order valence-electron chi connectivity index (χ3n) is 4.05. The van der Waals surface area contributed by atoms with Gasteiger partial charge in [0, 0.05) is 11.3 Å². The van der Waals surface area contributed by atoms with E-state index in [-0.39, 0.29) is 0 Å². The van der Waals surface area contributed by atoms with Gasteiger partial charge < -0.3 is 5.32 Å². The van der Waals surface area contributed by atoms with Crippen LogP contribution in [0.5, 0.6) is 0 Å². The van der Waals surface area contributed by atoms with Gasteiger partial charge in [-0.15, -0.1) is 0 Å². The highest BCUT2D eigenvalue weighted by Gasteiger charge is 2.19. The van der Waals surface area contributed by atoms with Crippen molar-refractivity contribution in [2.45, 2.75) is 39.7 Å². The molecule has 1 unspecified atom stereocenters. The molecule has 2 aromatic rings. The van der Waals surface area contributed by atoms with E-state index >= 15 is 0 Å². The molecule has 1 aliphatic rings. The average Bonchev–Trinajstić information content (AvgIpc) is 2.95. The van der Waals surface area contributed by atoms with Gasteiger partial charge in [-0.1, -0.05) is 12.1 Å². The van der Waals surface area contributed by atoms with Gasteiger partial charge in [0.05, 0.1) is 11.7 Å². The lowest BCUT2D eigenvalue weighted by Crippen LogP contribution is -2.16. The molecule has 20 heavy (non-hydrogen) atoms. The summed E-state index contributed by atoms with van der Waals surface area (Å²) in [6.45, 7) is 7.40. The van der Waals surface area contributed by atoms with Crippen LogP contribution in [0, 0.1) is 20.8 Å². The number of hydrogen-bond donors (Lipinski definition) is 1. The van der Waals surface area contributed by atoms with Gasteiger partial charge in [-0.05, 0) is 63.4 Å². The Balaban J connectivity index is 2.02. The van der Waals surface area contributed by atoms with Crippen LogP contribution in [-0.4, -0.2) is 16.5 Å². The summed E-state index contributed by atoms with van der Waals surface area (Å²) in [5.74, 6) is 0.940. The second-order valence-electron chi connectivity index (χ2n) is 5.70. The van der Waals surface area contributed by atoms with Crippen molar-refractivity contribution in [3.05, 3.63) is 46.9 Å². The molecule has 0 radical (unpaired) electrons.